The lowest BCUT2D eigenvalue weighted by Crippen LogP contribution is -2.28. The summed E-state index contributed by atoms with van der Waals surface area (Å²) in [7, 11) is -2.05. The van der Waals surface area contributed by atoms with Crippen LogP contribution in [0.1, 0.15) is 17.4 Å². The molecule has 0 N–H and O–H groups in total. The first-order valence-electron chi connectivity index (χ1n) is 7.27. The van der Waals surface area contributed by atoms with Gasteiger partial charge in [0.25, 0.3) is 0 Å². The van der Waals surface area contributed by atoms with Crippen molar-refractivity contribution < 1.29 is 12.9 Å². The Bertz CT molecular complexity index is 918. The summed E-state index contributed by atoms with van der Waals surface area (Å²) in [5.41, 5.74) is 1.56. The van der Waals surface area contributed by atoms with Crippen LogP contribution in [0.5, 0.6) is 0 Å². The summed E-state index contributed by atoms with van der Waals surface area (Å²) in [6, 6.07) is 11.4. The zero-order chi connectivity index (χ0) is 17.2. The van der Waals surface area contributed by atoms with E-state index in [4.69, 9.17) is 4.52 Å². The predicted molar refractivity (Wildman–Crippen MR) is 86.7 cm³/mol. The van der Waals surface area contributed by atoms with Crippen LogP contribution in [-0.4, -0.2) is 39.7 Å². The highest BCUT2D eigenvalue weighted by Gasteiger charge is 2.22. The maximum Gasteiger partial charge on any atom is 0.223 e. The molecule has 0 fully saturated rings. The van der Waals surface area contributed by atoms with Gasteiger partial charge in [-0.05, 0) is 18.2 Å². The van der Waals surface area contributed by atoms with Gasteiger partial charge in [-0.3, -0.25) is 0 Å². The van der Waals surface area contributed by atoms with Gasteiger partial charge in [0, 0.05) is 20.2 Å². The van der Waals surface area contributed by atoms with Crippen LogP contribution in [0.25, 0.3) is 5.69 Å². The van der Waals surface area contributed by atoms with E-state index in [9.17, 15) is 8.42 Å². The molecule has 0 saturated heterocycles. The molecule has 1 aromatic carbocycles. The second-order valence-corrected chi connectivity index (χ2v) is 7.40. The molecule has 2 aromatic heterocycles. The molecule has 8 nitrogen and oxygen atoms in total. The van der Waals surface area contributed by atoms with Gasteiger partial charge < -0.3 is 4.52 Å². The van der Waals surface area contributed by atoms with E-state index in [0.717, 1.165) is 5.69 Å². The number of aromatic nitrogens is 4. The normalized spacial score (nSPS) is 12.0. The summed E-state index contributed by atoms with van der Waals surface area (Å²) >= 11 is 0. The molecule has 0 aliphatic carbocycles. The Kier molecular flexibility index (Phi) is 4.45. The predicted octanol–water partition coefficient (Wildman–Crippen LogP) is 1.53. The van der Waals surface area contributed by atoms with Crippen LogP contribution < -0.4 is 0 Å². The average Bonchev–Trinajstić information content (AvgIpc) is 3.17. The minimum atomic E-state index is -3.55. The molecule has 0 amide bonds. The number of nitrogens with zero attached hydrogens (tertiary/aromatic N) is 5. The van der Waals surface area contributed by atoms with Crippen LogP contribution in [0.2, 0.25) is 0 Å². The molecule has 0 spiro atoms. The van der Waals surface area contributed by atoms with Crippen molar-refractivity contribution in [3.63, 3.8) is 0 Å². The molecule has 0 aliphatic rings. The van der Waals surface area contributed by atoms with Gasteiger partial charge in [0.1, 0.15) is 5.75 Å². The summed E-state index contributed by atoms with van der Waals surface area (Å²) in [6.07, 6.45) is 1.80. The van der Waals surface area contributed by atoms with Crippen molar-refractivity contribution in [2.75, 3.05) is 7.05 Å². The van der Waals surface area contributed by atoms with E-state index in [-0.39, 0.29) is 18.1 Å². The van der Waals surface area contributed by atoms with Crippen LogP contribution in [-0.2, 0) is 22.3 Å². The van der Waals surface area contributed by atoms with Crippen molar-refractivity contribution in [1.82, 2.24) is 24.2 Å². The third-order valence-electron chi connectivity index (χ3n) is 3.41. The van der Waals surface area contributed by atoms with Gasteiger partial charge in [-0.25, -0.2) is 13.1 Å². The fraction of sp³-hybridized carbons (Fsp3) is 0.267. The van der Waals surface area contributed by atoms with Crippen molar-refractivity contribution >= 4 is 10.0 Å². The molecular formula is C15H17N5O3S. The second-order valence-electron chi connectivity index (χ2n) is 5.33. The number of benzene rings is 1. The van der Waals surface area contributed by atoms with Crippen LogP contribution in [0.4, 0.5) is 0 Å². The summed E-state index contributed by atoms with van der Waals surface area (Å²) in [5.74, 6) is 0.180. The zero-order valence-electron chi connectivity index (χ0n) is 13.3. The number of sulfonamides is 1. The molecule has 0 saturated carbocycles. The molecule has 0 radical (unpaired) electrons. The largest absolute Gasteiger partial charge is 0.340 e. The molecule has 0 atom stereocenters. The highest BCUT2D eigenvalue weighted by Crippen LogP contribution is 2.12. The standard InChI is InChI=1S/C15H17N5O3S/c1-12-16-15(18-23-12)11-24(21,22)19(2)10-13-8-9-20(17-13)14-6-4-3-5-7-14/h3-9H,10-11H2,1-2H3. The van der Waals surface area contributed by atoms with Crippen molar-refractivity contribution in [3.8, 4) is 5.69 Å². The van der Waals surface area contributed by atoms with Gasteiger partial charge in [-0.15, -0.1) is 0 Å². The zero-order valence-corrected chi connectivity index (χ0v) is 14.1. The Labute approximate surface area is 139 Å². The average molecular weight is 347 g/mol. The van der Waals surface area contributed by atoms with E-state index >= 15 is 0 Å². The molecule has 0 aliphatic heterocycles. The Morgan fingerprint density at radius 2 is 1.96 bits per heavy atom. The van der Waals surface area contributed by atoms with Gasteiger partial charge in [0.05, 0.1) is 17.9 Å². The van der Waals surface area contributed by atoms with E-state index in [1.54, 1.807) is 23.9 Å². The maximum absolute atomic E-state index is 12.4. The molecule has 24 heavy (non-hydrogen) atoms. The molecule has 2 heterocycles. The molecular weight excluding hydrogens is 330 g/mol. The summed E-state index contributed by atoms with van der Waals surface area (Å²) in [4.78, 5) is 3.93. The molecule has 3 rings (SSSR count). The lowest BCUT2D eigenvalue weighted by molar-refractivity contribution is 0.388. The van der Waals surface area contributed by atoms with Crippen molar-refractivity contribution in [2.24, 2.45) is 0 Å². The molecule has 126 valence electrons. The molecule has 3 aromatic rings. The summed E-state index contributed by atoms with van der Waals surface area (Å²) < 4.78 is 32.5. The number of hydrogen-bond acceptors (Lipinski definition) is 6. The number of aryl methyl sites for hydroxylation is 1. The van der Waals surface area contributed by atoms with E-state index in [0.29, 0.717) is 11.6 Å². The Hall–Kier alpha value is -2.52. The van der Waals surface area contributed by atoms with Crippen LogP contribution in [0.15, 0.2) is 47.1 Å². The fourth-order valence-electron chi connectivity index (χ4n) is 2.17. The first-order chi connectivity index (χ1) is 11.4. The van der Waals surface area contributed by atoms with E-state index in [2.05, 4.69) is 15.2 Å². The van der Waals surface area contributed by atoms with Crippen LogP contribution in [0, 0.1) is 6.92 Å². The van der Waals surface area contributed by atoms with Gasteiger partial charge in [-0.2, -0.15) is 14.4 Å². The minimum Gasteiger partial charge on any atom is -0.340 e. The van der Waals surface area contributed by atoms with E-state index < -0.39 is 10.0 Å². The first-order valence-corrected chi connectivity index (χ1v) is 8.88. The minimum absolute atomic E-state index is 0.147. The van der Waals surface area contributed by atoms with E-state index in [1.165, 1.54) is 11.4 Å². The molecule has 0 bridgehead atoms. The Morgan fingerprint density at radius 1 is 1.21 bits per heavy atom. The van der Waals surface area contributed by atoms with E-state index in [1.807, 2.05) is 30.3 Å². The summed E-state index contributed by atoms with van der Waals surface area (Å²) in [5, 5.41) is 8.03. The lowest BCUT2D eigenvalue weighted by Gasteiger charge is -2.14. The fourth-order valence-corrected chi connectivity index (χ4v) is 3.16. The summed E-state index contributed by atoms with van der Waals surface area (Å²) in [6.45, 7) is 1.78. The van der Waals surface area contributed by atoms with Gasteiger partial charge >= 0.3 is 0 Å². The maximum atomic E-state index is 12.4. The van der Waals surface area contributed by atoms with Crippen molar-refractivity contribution in [2.45, 2.75) is 19.2 Å². The molecule has 9 heteroatoms. The smallest absolute Gasteiger partial charge is 0.223 e. The number of hydrogen-bond donors (Lipinski definition) is 0. The Balaban J connectivity index is 1.70. The number of rotatable bonds is 6. The van der Waals surface area contributed by atoms with Gasteiger partial charge in [0.15, 0.2) is 5.82 Å². The van der Waals surface area contributed by atoms with Gasteiger partial charge in [0.2, 0.25) is 15.9 Å². The first kappa shape index (κ1) is 16.3. The van der Waals surface area contributed by atoms with Crippen molar-refractivity contribution in [1.29, 1.82) is 0 Å². The van der Waals surface area contributed by atoms with Crippen LogP contribution in [0.3, 0.4) is 0 Å². The Morgan fingerprint density at radius 3 is 2.62 bits per heavy atom. The third kappa shape index (κ3) is 3.69. The second kappa shape index (κ2) is 6.54. The highest BCUT2D eigenvalue weighted by atomic mass is 32.2. The van der Waals surface area contributed by atoms with Crippen molar-refractivity contribution in [3.05, 3.63) is 60.0 Å². The quantitative estimate of drug-likeness (QED) is 0.671. The lowest BCUT2D eigenvalue weighted by atomic mass is 10.3. The van der Waals surface area contributed by atoms with Crippen LogP contribution >= 0.6 is 0 Å². The monoisotopic (exact) mass is 347 g/mol. The topological polar surface area (TPSA) is 94.1 Å². The highest BCUT2D eigenvalue weighted by molar-refractivity contribution is 7.88. The number of para-hydroxylation sites is 1. The SMILES string of the molecule is Cc1nc(CS(=O)(=O)N(C)Cc2ccn(-c3ccccc3)n2)no1. The third-order valence-corrected chi connectivity index (χ3v) is 5.11. The van der Waals surface area contributed by atoms with Gasteiger partial charge in [-0.1, -0.05) is 23.4 Å². The molecule has 0 unspecified atom stereocenters.